The lowest BCUT2D eigenvalue weighted by molar-refractivity contribution is 0.601. The van der Waals surface area contributed by atoms with Gasteiger partial charge in [-0.2, -0.15) is 0 Å². The lowest BCUT2D eigenvalue weighted by Crippen LogP contribution is -2.14. The van der Waals surface area contributed by atoms with Crippen LogP contribution >= 0.6 is 23.2 Å². The molecule has 1 heterocycles. The van der Waals surface area contributed by atoms with Crippen molar-refractivity contribution in [1.82, 2.24) is 4.98 Å². The molecule has 1 N–H and O–H groups in total. The number of rotatable bonds is 3. The molecule has 7 heteroatoms. The van der Waals surface area contributed by atoms with Crippen molar-refractivity contribution < 1.29 is 8.42 Å². The minimum Gasteiger partial charge on any atom is -0.278 e. The largest absolute Gasteiger partial charge is 0.278 e. The quantitative estimate of drug-likeness (QED) is 0.870. The van der Waals surface area contributed by atoms with Gasteiger partial charge in [-0.1, -0.05) is 29.3 Å². The SMILES string of the molecule is Cc1cc(C)c(NS(=O)(=O)c2ccc(Cl)nc2)c(Cl)c1. The molecular weight excluding hydrogens is 319 g/mol. The zero-order chi connectivity index (χ0) is 14.9. The molecule has 0 amide bonds. The second-order valence-corrected chi connectivity index (χ2v) is 6.84. The number of hydrogen-bond donors (Lipinski definition) is 1. The summed E-state index contributed by atoms with van der Waals surface area (Å²) in [5.41, 5.74) is 2.08. The molecule has 0 unspecified atom stereocenters. The summed E-state index contributed by atoms with van der Waals surface area (Å²) in [5.74, 6) is 0. The number of nitrogens with zero attached hydrogens (tertiary/aromatic N) is 1. The first-order valence-corrected chi connectivity index (χ1v) is 7.94. The topological polar surface area (TPSA) is 59.1 Å². The molecule has 0 spiro atoms. The molecule has 0 fully saturated rings. The van der Waals surface area contributed by atoms with Gasteiger partial charge in [-0.05, 0) is 43.2 Å². The molecule has 4 nitrogen and oxygen atoms in total. The van der Waals surface area contributed by atoms with Crippen LogP contribution in [0.2, 0.25) is 10.2 Å². The van der Waals surface area contributed by atoms with E-state index in [0.717, 1.165) is 11.1 Å². The molecule has 2 rings (SSSR count). The van der Waals surface area contributed by atoms with E-state index in [0.29, 0.717) is 10.7 Å². The van der Waals surface area contributed by atoms with E-state index in [4.69, 9.17) is 23.2 Å². The summed E-state index contributed by atoms with van der Waals surface area (Å²) in [4.78, 5) is 3.79. The van der Waals surface area contributed by atoms with Crippen LogP contribution in [0.1, 0.15) is 11.1 Å². The van der Waals surface area contributed by atoms with E-state index in [-0.39, 0.29) is 10.0 Å². The predicted molar refractivity (Wildman–Crippen MR) is 81.0 cm³/mol. The van der Waals surface area contributed by atoms with Crippen LogP contribution in [0, 0.1) is 13.8 Å². The molecule has 0 aliphatic heterocycles. The maximum absolute atomic E-state index is 12.2. The van der Waals surface area contributed by atoms with E-state index in [1.165, 1.54) is 18.3 Å². The molecule has 20 heavy (non-hydrogen) atoms. The third-order valence-electron chi connectivity index (χ3n) is 2.68. The molecule has 0 saturated carbocycles. The van der Waals surface area contributed by atoms with E-state index in [9.17, 15) is 8.42 Å². The van der Waals surface area contributed by atoms with Crippen molar-refractivity contribution in [1.29, 1.82) is 0 Å². The summed E-state index contributed by atoms with van der Waals surface area (Å²) in [6, 6.07) is 6.35. The fraction of sp³-hybridized carbons (Fsp3) is 0.154. The van der Waals surface area contributed by atoms with Crippen LogP contribution in [-0.4, -0.2) is 13.4 Å². The average Bonchev–Trinajstić information content (AvgIpc) is 2.34. The Bertz CT molecular complexity index is 720. The number of benzene rings is 1. The summed E-state index contributed by atoms with van der Waals surface area (Å²) in [7, 11) is -3.74. The van der Waals surface area contributed by atoms with Crippen molar-refractivity contribution in [2.45, 2.75) is 18.7 Å². The van der Waals surface area contributed by atoms with Crippen molar-refractivity contribution in [3.8, 4) is 0 Å². The first kappa shape index (κ1) is 15.1. The number of sulfonamides is 1. The maximum Gasteiger partial charge on any atom is 0.263 e. The molecule has 0 radical (unpaired) electrons. The summed E-state index contributed by atoms with van der Waals surface area (Å²) in [6.07, 6.45) is 1.20. The number of aromatic nitrogens is 1. The summed E-state index contributed by atoms with van der Waals surface area (Å²) in [6.45, 7) is 3.68. The Morgan fingerprint density at radius 1 is 1.15 bits per heavy atom. The zero-order valence-electron chi connectivity index (χ0n) is 10.8. The van der Waals surface area contributed by atoms with Gasteiger partial charge in [0.05, 0.1) is 10.7 Å². The van der Waals surface area contributed by atoms with Crippen LogP contribution in [-0.2, 0) is 10.0 Å². The predicted octanol–water partition coefficient (Wildman–Crippen LogP) is 3.81. The van der Waals surface area contributed by atoms with Gasteiger partial charge in [0.15, 0.2) is 0 Å². The van der Waals surface area contributed by atoms with Gasteiger partial charge >= 0.3 is 0 Å². The smallest absolute Gasteiger partial charge is 0.263 e. The van der Waals surface area contributed by atoms with Crippen molar-refractivity contribution in [3.05, 3.63) is 51.8 Å². The highest BCUT2D eigenvalue weighted by molar-refractivity contribution is 7.92. The van der Waals surface area contributed by atoms with Gasteiger partial charge in [0.25, 0.3) is 10.0 Å². The standard InChI is InChI=1S/C13H12Cl2N2O2S/c1-8-5-9(2)13(11(14)6-8)17-20(18,19)10-3-4-12(15)16-7-10/h3-7,17H,1-2H3. The van der Waals surface area contributed by atoms with E-state index in [1.54, 1.807) is 13.0 Å². The lowest BCUT2D eigenvalue weighted by Gasteiger charge is -2.13. The molecule has 106 valence electrons. The van der Waals surface area contributed by atoms with Gasteiger partial charge in [-0.25, -0.2) is 13.4 Å². The van der Waals surface area contributed by atoms with Gasteiger partial charge in [0.1, 0.15) is 10.0 Å². The molecule has 0 saturated heterocycles. The highest BCUT2D eigenvalue weighted by Gasteiger charge is 2.17. The van der Waals surface area contributed by atoms with Crippen molar-refractivity contribution in [2.75, 3.05) is 4.72 Å². The molecule has 0 atom stereocenters. The molecule has 0 aliphatic rings. The van der Waals surface area contributed by atoms with Crippen LogP contribution in [0.4, 0.5) is 5.69 Å². The average molecular weight is 331 g/mol. The highest BCUT2D eigenvalue weighted by atomic mass is 35.5. The van der Waals surface area contributed by atoms with Gasteiger partial charge in [0, 0.05) is 6.20 Å². The second kappa shape index (κ2) is 5.60. The van der Waals surface area contributed by atoms with Crippen LogP contribution in [0.25, 0.3) is 0 Å². The Labute approximate surface area is 127 Å². The van der Waals surface area contributed by atoms with Crippen molar-refractivity contribution in [2.24, 2.45) is 0 Å². The third kappa shape index (κ3) is 3.23. The van der Waals surface area contributed by atoms with E-state index in [2.05, 4.69) is 9.71 Å². The number of aryl methyl sites for hydroxylation is 2. The number of hydrogen-bond acceptors (Lipinski definition) is 3. The molecule has 0 bridgehead atoms. The maximum atomic E-state index is 12.2. The molecule has 2 aromatic rings. The van der Waals surface area contributed by atoms with Crippen LogP contribution in [0.5, 0.6) is 0 Å². The van der Waals surface area contributed by atoms with Crippen LogP contribution < -0.4 is 4.72 Å². The van der Waals surface area contributed by atoms with Crippen LogP contribution in [0.15, 0.2) is 35.4 Å². The molecule has 1 aromatic carbocycles. The molecule has 0 aliphatic carbocycles. The Hall–Kier alpha value is -1.30. The number of nitrogens with one attached hydrogen (secondary N) is 1. The summed E-state index contributed by atoms with van der Waals surface area (Å²) < 4.78 is 27.0. The highest BCUT2D eigenvalue weighted by Crippen LogP contribution is 2.29. The third-order valence-corrected chi connectivity index (χ3v) is 4.54. The van der Waals surface area contributed by atoms with Gasteiger partial charge in [-0.3, -0.25) is 4.72 Å². The van der Waals surface area contributed by atoms with Gasteiger partial charge < -0.3 is 0 Å². The fourth-order valence-electron chi connectivity index (χ4n) is 1.76. The first-order chi connectivity index (χ1) is 9.29. The van der Waals surface area contributed by atoms with E-state index < -0.39 is 10.0 Å². The number of halogens is 2. The Balaban J connectivity index is 2.41. The Morgan fingerprint density at radius 3 is 2.40 bits per heavy atom. The summed E-state index contributed by atoms with van der Waals surface area (Å²) >= 11 is 11.7. The van der Waals surface area contributed by atoms with E-state index in [1.807, 2.05) is 13.0 Å². The lowest BCUT2D eigenvalue weighted by atomic mass is 10.1. The second-order valence-electron chi connectivity index (χ2n) is 4.36. The monoisotopic (exact) mass is 330 g/mol. The van der Waals surface area contributed by atoms with Crippen LogP contribution in [0.3, 0.4) is 0 Å². The molecular formula is C13H12Cl2N2O2S. The Morgan fingerprint density at radius 2 is 1.85 bits per heavy atom. The number of anilines is 1. The number of pyridine rings is 1. The Kier molecular flexibility index (Phi) is 4.22. The first-order valence-electron chi connectivity index (χ1n) is 5.71. The van der Waals surface area contributed by atoms with Gasteiger partial charge in [0.2, 0.25) is 0 Å². The fourth-order valence-corrected chi connectivity index (χ4v) is 3.39. The minimum atomic E-state index is -3.74. The normalized spacial score (nSPS) is 11.4. The van der Waals surface area contributed by atoms with Gasteiger partial charge in [-0.15, -0.1) is 0 Å². The van der Waals surface area contributed by atoms with Crippen molar-refractivity contribution in [3.63, 3.8) is 0 Å². The minimum absolute atomic E-state index is 0.0259. The zero-order valence-corrected chi connectivity index (χ0v) is 13.1. The van der Waals surface area contributed by atoms with Crippen molar-refractivity contribution >= 4 is 38.9 Å². The molecule has 1 aromatic heterocycles. The summed E-state index contributed by atoms with van der Waals surface area (Å²) in [5, 5.41) is 0.585. The van der Waals surface area contributed by atoms with E-state index >= 15 is 0 Å².